The van der Waals surface area contributed by atoms with E-state index in [0.29, 0.717) is 0 Å². The highest BCUT2D eigenvalue weighted by Gasteiger charge is 2.13. The van der Waals surface area contributed by atoms with Crippen molar-refractivity contribution in [2.75, 3.05) is 0 Å². The standard InChI is InChI=1S/C15H14BrNOS/c1-9-2-4-13-10(6-9)7-14(18-13)12(17)8-11-3-5-15(16)19-11/h2-7,12H,8,17H2,1H3. The molecule has 4 heteroatoms. The van der Waals surface area contributed by atoms with Gasteiger partial charge in [-0.2, -0.15) is 0 Å². The minimum Gasteiger partial charge on any atom is -0.459 e. The number of hydrogen-bond donors (Lipinski definition) is 1. The van der Waals surface area contributed by atoms with Crippen molar-refractivity contribution in [1.29, 1.82) is 0 Å². The summed E-state index contributed by atoms with van der Waals surface area (Å²) in [4.78, 5) is 1.26. The summed E-state index contributed by atoms with van der Waals surface area (Å²) in [6, 6.07) is 12.3. The first-order chi connectivity index (χ1) is 9.11. The van der Waals surface area contributed by atoms with Gasteiger partial charge in [0.2, 0.25) is 0 Å². The van der Waals surface area contributed by atoms with Gasteiger partial charge in [-0.05, 0) is 53.2 Å². The van der Waals surface area contributed by atoms with Crippen LogP contribution in [0.5, 0.6) is 0 Å². The fourth-order valence-electron chi connectivity index (χ4n) is 2.14. The van der Waals surface area contributed by atoms with Crippen molar-refractivity contribution >= 4 is 38.2 Å². The fraction of sp³-hybridized carbons (Fsp3) is 0.200. The van der Waals surface area contributed by atoms with Gasteiger partial charge in [-0.1, -0.05) is 11.6 Å². The van der Waals surface area contributed by atoms with Crippen LogP contribution in [0.1, 0.15) is 22.2 Å². The van der Waals surface area contributed by atoms with Crippen molar-refractivity contribution in [1.82, 2.24) is 0 Å². The first-order valence-corrected chi connectivity index (χ1v) is 7.72. The predicted octanol–water partition coefficient (Wildman–Crippen LogP) is 4.81. The Morgan fingerprint density at radius 1 is 1.26 bits per heavy atom. The molecular weight excluding hydrogens is 322 g/mol. The lowest BCUT2D eigenvalue weighted by Crippen LogP contribution is -2.11. The summed E-state index contributed by atoms with van der Waals surface area (Å²) in [6.07, 6.45) is 0.801. The van der Waals surface area contributed by atoms with Crippen LogP contribution < -0.4 is 5.73 Å². The maximum atomic E-state index is 6.24. The molecule has 2 N–H and O–H groups in total. The van der Waals surface area contributed by atoms with E-state index in [4.69, 9.17) is 10.2 Å². The lowest BCUT2D eigenvalue weighted by Gasteiger charge is -2.06. The zero-order valence-electron chi connectivity index (χ0n) is 10.5. The molecule has 0 bridgehead atoms. The Morgan fingerprint density at radius 3 is 2.84 bits per heavy atom. The molecular formula is C15H14BrNOS. The van der Waals surface area contributed by atoms with E-state index in [1.54, 1.807) is 11.3 Å². The van der Waals surface area contributed by atoms with Crippen LogP contribution in [-0.4, -0.2) is 0 Å². The van der Waals surface area contributed by atoms with Crippen molar-refractivity contribution < 1.29 is 4.42 Å². The Morgan fingerprint density at radius 2 is 2.11 bits per heavy atom. The molecule has 98 valence electrons. The van der Waals surface area contributed by atoms with Gasteiger partial charge >= 0.3 is 0 Å². The number of fused-ring (bicyclic) bond motifs is 1. The second-order valence-corrected chi connectivity index (χ2v) is 7.25. The van der Waals surface area contributed by atoms with E-state index < -0.39 is 0 Å². The van der Waals surface area contributed by atoms with Crippen LogP contribution in [0, 0.1) is 6.92 Å². The maximum Gasteiger partial charge on any atom is 0.134 e. The summed E-state index contributed by atoms with van der Waals surface area (Å²) < 4.78 is 6.97. The number of nitrogens with two attached hydrogens (primary N) is 1. The third-order valence-corrected chi connectivity index (χ3v) is 4.75. The number of rotatable bonds is 3. The quantitative estimate of drug-likeness (QED) is 0.746. The first-order valence-electron chi connectivity index (χ1n) is 6.12. The SMILES string of the molecule is Cc1ccc2oc(C(N)Cc3ccc(Br)s3)cc2c1. The van der Waals surface area contributed by atoms with Crippen molar-refractivity contribution in [2.45, 2.75) is 19.4 Å². The van der Waals surface area contributed by atoms with E-state index in [1.807, 2.05) is 6.07 Å². The lowest BCUT2D eigenvalue weighted by molar-refractivity contribution is 0.495. The number of benzene rings is 1. The molecule has 0 aliphatic heterocycles. The molecule has 1 atom stereocenters. The van der Waals surface area contributed by atoms with Crippen molar-refractivity contribution in [3.8, 4) is 0 Å². The normalized spacial score (nSPS) is 13.0. The van der Waals surface area contributed by atoms with E-state index >= 15 is 0 Å². The Labute approximate surface area is 124 Å². The van der Waals surface area contributed by atoms with E-state index in [9.17, 15) is 0 Å². The van der Waals surface area contributed by atoms with Gasteiger partial charge in [0.25, 0.3) is 0 Å². The highest BCUT2D eigenvalue weighted by Crippen LogP contribution is 2.29. The summed E-state index contributed by atoms with van der Waals surface area (Å²) >= 11 is 5.18. The fourth-order valence-corrected chi connectivity index (χ4v) is 3.69. The topological polar surface area (TPSA) is 39.2 Å². The van der Waals surface area contributed by atoms with Gasteiger partial charge in [0.1, 0.15) is 11.3 Å². The van der Waals surface area contributed by atoms with Crippen molar-refractivity contribution in [2.24, 2.45) is 5.73 Å². The van der Waals surface area contributed by atoms with Crippen LogP contribution in [0.3, 0.4) is 0 Å². The lowest BCUT2D eigenvalue weighted by atomic mass is 10.1. The number of aryl methyl sites for hydroxylation is 1. The van der Waals surface area contributed by atoms with E-state index in [1.165, 1.54) is 10.4 Å². The Hall–Kier alpha value is -1.10. The minimum atomic E-state index is -0.0988. The average Bonchev–Trinajstić information content (AvgIpc) is 2.95. The maximum absolute atomic E-state index is 6.24. The molecule has 0 saturated heterocycles. The monoisotopic (exact) mass is 335 g/mol. The zero-order chi connectivity index (χ0) is 13.4. The van der Waals surface area contributed by atoms with Gasteiger partial charge in [-0.3, -0.25) is 0 Å². The van der Waals surface area contributed by atoms with Gasteiger partial charge in [0, 0.05) is 16.7 Å². The highest BCUT2D eigenvalue weighted by atomic mass is 79.9. The van der Waals surface area contributed by atoms with E-state index in [-0.39, 0.29) is 6.04 Å². The molecule has 0 saturated carbocycles. The van der Waals surface area contributed by atoms with Gasteiger partial charge in [-0.25, -0.2) is 0 Å². The number of hydrogen-bond acceptors (Lipinski definition) is 3. The highest BCUT2D eigenvalue weighted by molar-refractivity contribution is 9.11. The van der Waals surface area contributed by atoms with E-state index in [2.05, 4.69) is 53.2 Å². The molecule has 3 rings (SSSR count). The van der Waals surface area contributed by atoms with Crippen LogP contribution in [-0.2, 0) is 6.42 Å². The zero-order valence-corrected chi connectivity index (χ0v) is 12.9. The first kappa shape index (κ1) is 12.9. The number of thiophene rings is 1. The van der Waals surface area contributed by atoms with Crippen LogP contribution >= 0.6 is 27.3 Å². The second-order valence-electron chi connectivity index (χ2n) is 4.71. The van der Waals surface area contributed by atoms with Gasteiger partial charge in [0.05, 0.1) is 9.83 Å². The van der Waals surface area contributed by atoms with Crippen LogP contribution in [0.25, 0.3) is 11.0 Å². The second kappa shape index (κ2) is 5.12. The minimum absolute atomic E-state index is 0.0988. The molecule has 1 aromatic carbocycles. The van der Waals surface area contributed by atoms with Crippen LogP contribution in [0.4, 0.5) is 0 Å². The largest absolute Gasteiger partial charge is 0.459 e. The summed E-state index contributed by atoms with van der Waals surface area (Å²) in [5.41, 5.74) is 8.37. The predicted molar refractivity (Wildman–Crippen MR) is 83.6 cm³/mol. The van der Waals surface area contributed by atoms with E-state index in [0.717, 1.165) is 26.9 Å². The van der Waals surface area contributed by atoms with Crippen LogP contribution in [0.2, 0.25) is 0 Å². The summed E-state index contributed by atoms with van der Waals surface area (Å²) in [5.74, 6) is 0.852. The molecule has 2 heterocycles. The molecule has 0 fully saturated rings. The molecule has 0 aliphatic rings. The third kappa shape index (κ3) is 2.76. The molecule has 0 spiro atoms. The molecule has 2 nitrogen and oxygen atoms in total. The smallest absolute Gasteiger partial charge is 0.134 e. The molecule has 0 aliphatic carbocycles. The molecule has 19 heavy (non-hydrogen) atoms. The Balaban J connectivity index is 1.86. The molecule has 0 radical (unpaired) electrons. The van der Waals surface area contributed by atoms with Crippen molar-refractivity contribution in [3.63, 3.8) is 0 Å². The van der Waals surface area contributed by atoms with Gasteiger partial charge in [-0.15, -0.1) is 11.3 Å². The average molecular weight is 336 g/mol. The molecule has 1 unspecified atom stereocenters. The van der Waals surface area contributed by atoms with Gasteiger partial charge < -0.3 is 10.2 Å². The van der Waals surface area contributed by atoms with Crippen LogP contribution in [0.15, 0.2) is 44.6 Å². The molecule has 3 aromatic rings. The summed E-state index contributed by atoms with van der Waals surface area (Å²) in [7, 11) is 0. The summed E-state index contributed by atoms with van der Waals surface area (Å²) in [5, 5.41) is 1.12. The Bertz CT molecular complexity index is 716. The Kier molecular flexibility index (Phi) is 3.48. The third-order valence-electron chi connectivity index (χ3n) is 3.11. The number of halogens is 1. The van der Waals surface area contributed by atoms with Gasteiger partial charge in [0.15, 0.2) is 0 Å². The molecule has 2 aromatic heterocycles. The molecule has 0 amide bonds. The summed E-state index contributed by atoms with van der Waals surface area (Å²) in [6.45, 7) is 2.08. The number of furan rings is 1. The van der Waals surface area contributed by atoms with Crippen molar-refractivity contribution in [3.05, 3.63) is 56.4 Å².